The molecule has 2 aromatic rings. The Hall–Kier alpha value is -3.35. The van der Waals surface area contributed by atoms with E-state index in [1.165, 1.54) is 0 Å². The number of aryl methyl sites for hydroxylation is 1. The first-order valence-electron chi connectivity index (χ1n) is 12.2. The molecule has 0 aromatic heterocycles. The SMILES string of the molecule is CCCCC(=O)N1CCC2(CC1)C(=O)N(CC(=O)Nc1cccc(C)c1)CN2c1ccccc1. The van der Waals surface area contributed by atoms with E-state index in [9.17, 15) is 14.4 Å². The molecule has 0 atom stereocenters. The lowest BCUT2D eigenvalue weighted by molar-refractivity contribution is -0.139. The largest absolute Gasteiger partial charge is 0.342 e. The molecule has 2 aliphatic heterocycles. The summed E-state index contributed by atoms with van der Waals surface area (Å²) in [4.78, 5) is 44.8. The molecule has 2 fully saturated rings. The molecule has 0 bridgehead atoms. The van der Waals surface area contributed by atoms with Crippen LogP contribution in [0, 0.1) is 6.92 Å². The highest BCUT2D eigenvalue weighted by Gasteiger charge is 2.54. The Bertz CT molecular complexity index is 1030. The van der Waals surface area contributed by atoms with E-state index < -0.39 is 5.54 Å². The van der Waals surface area contributed by atoms with Crippen LogP contribution in [0.5, 0.6) is 0 Å². The number of nitrogens with one attached hydrogen (secondary N) is 1. The van der Waals surface area contributed by atoms with Gasteiger partial charge in [-0.3, -0.25) is 14.4 Å². The molecule has 0 radical (unpaired) electrons. The lowest BCUT2D eigenvalue weighted by Gasteiger charge is -2.43. The molecule has 2 heterocycles. The minimum Gasteiger partial charge on any atom is -0.342 e. The monoisotopic (exact) mass is 462 g/mol. The quantitative estimate of drug-likeness (QED) is 0.680. The summed E-state index contributed by atoms with van der Waals surface area (Å²) in [5.41, 5.74) is 2.02. The van der Waals surface area contributed by atoms with Crippen molar-refractivity contribution in [2.75, 3.05) is 36.5 Å². The Balaban J connectivity index is 1.50. The van der Waals surface area contributed by atoms with Gasteiger partial charge in [0.05, 0.1) is 6.67 Å². The van der Waals surface area contributed by atoms with Gasteiger partial charge in [0.1, 0.15) is 12.1 Å². The summed E-state index contributed by atoms with van der Waals surface area (Å²) in [6, 6.07) is 17.5. The van der Waals surface area contributed by atoms with E-state index in [0.717, 1.165) is 29.8 Å². The molecular formula is C27H34N4O3. The number of carbonyl (C=O) groups is 3. The fraction of sp³-hybridized carbons (Fsp3) is 0.444. The molecule has 0 saturated carbocycles. The van der Waals surface area contributed by atoms with Gasteiger partial charge in [-0.25, -0.2) is 0 Å². The van der Waals surface area contributed by atoms with E-state index in [-0.39, 0.29) is 24.3 Å². The van der Waals surface area contributed by atoms with Gasteiger partial charge < -0.3 is 20.0 Å². The van der Waals surface area contributed by atoms with Crippen LogP contribution < -0.4 is 10.2 Å². The van der Waals surface area contributed by atoms with Gasteiger partial charge in [0, 0.05) is 30.9 Å². The molecule has 2 aliphatic rings. The Kier molecular flexibility index (Phi) is 7.20. The fourth-order valence-corrected chi connectivity index (χ4v) is 5.03. The number of likely N-dealkylation sites (tertiary alicyclic amines) is 1. The number of para-hydroxylation sites is 1. The molecule has 3 amide bonds. The Labute approximate surface area is 201 Å². The fourth-order valence-electron chi connectivity index (χ4n) is 5.03. The maximum absolute atomic E-state index is 13.8. The van der Waals surface area contributed by atoms with Gasteiger partial charge in [0.25, 0.3) is 5.91 Å². The molecule has 1 spiro atoms. The number of piperidine rings is 1. The van der Waals surface area contributed by atoms with Gasteiger partial charge in [-0.15, -0.1) is 0 Å². The maximum Gasteiger partial charge on any atom is 0.250 e. The van der Waals surface area contributed by atoms with Crippen molar-refractivity contribution in [3.05, 3.63) is 60.2 Å². The number of hydrogen-bond donors (Lipinski definition) is 1. The smallest absolute Gasteiger partial charge is 0.250 e. The Morgan fingerprint density at radius 1 is 1.03 bits per heavy atom. The van der Waals surface area contributed by atoms with E-state index in [0.29, 0.717) is 39.0 Å². The topological polar surface area (TPSA) is 73.0 Å². The van der Waals surface area contributed by atoms with Crippen LogP contribution in [-0.4, -0.2) is 59.4 Å². The summed E-state index contributed by atoms with van der Waals surface area (Å²) in [6.07, 6.45) is 3.57. The number of nitrogens with zero attached hydrogens (tertiary/aromatic N) is 3. The van der Waals surface area contributed by atoms with E-state index in [1.54, 1.807) is 4.90 Å². The third-order valence-corrected chi connectivity index (χ3v) is 6.91. The van der Waals surface area contributed by atoms with Crippen LogP contribution in [0.1, 0.15) is 44.6 Å². The summed E-state index contributed by atoms with van der Waals surface area (Å²) >= 11 is 0. The molecule has 0 unspecified atom stereocenters. The number of carbonyl (C=O) groups excluding carboxylic acids is 3. The molecule has 7 nitrogen and oxygen atoms in total. The molecule has 34 heavy (non-hydrogen) atoms. The summed E-state index contributed by atoms with van der Waals surface area (Å²) in [5.74, 6) is -0.0737. The normalized spacial score (nSPS) is 17.4. The van der Waals surface area contributed by atoms with Crippen LogP contribution in [0.2, 0.25) is 0 Å². The van der Waals surface area contributed by atoms with Gasteiger partial charge in [-0.05, 0) is 56.0 Å². The second-order valence-corrected chi connectivity index (χ2v) is 9.34. The first-order valence-corrected chi connectivity index (χ1v) is 12.2. The van der Waals surface area contributed by atoms with Crippen molar-refractivity contribution in [3.63, 3.8) is 0 Å². The van der Waals surface area contributed by atoms with Crippen LogP contribution >= 0.6 is 0 Å². The van der Waals surface area contributed by atoms with E-state index in [4.69, 9.17) is 0 Å². The number of anilines is 2. The summed E-state index contributed by atoms with van der Waals surface area (Å²) in [7, 11) is 0. The van der Waals surface area contributed by atoms with Crippen molar-refractivity contribution < 1.29 is 14.4 Å². The van der Waals surface area contributed by atoms with E-state index >= 15 is 0 Å². The second-order valence-electron chi connectivity index (χ2n) is 9.34. The molecule has 180 valence electrons. The van der Waals surface area contributed by atoms with Gasteiger partial charge in [-0.1, -0.05) is 43.7 Å². The maximum atomic E-state index is 13.8. The number of rotatable bonds is 7. The standard InChI is InChI=1S/C27H34N4O3/c1-3-4-13-25(33)29-16-14-27(15-17-29)26(34)30(20-31(27)23-11-6-5-7-12-23)19-24(32)28-22-10-8-9-21(2)18-22/h5-12,18H,3-4,13-17,19-20H2,1-2H3,(H,28,32). The predicted molar refractivity (Wildman–Crippen MR) is 133 cm³/mol. The number of benzene rings is 2. The van der Waals surface area contributed by atoms with Gasteiger partial charge in [-0.2, -0.15) is 0 Å². The Morgan fingerprint density at radius 2 is 1.76 bits per heavy atom. The van der Waals surface area contributed by atoms with E-state index in [1.807, 2.05) is 66.4 Å². The van der Waals surface area contributed by atoms with Crippen LogP contribution in [0.25, 0.3) is 0 Å². The first kappa shape index (κ1) is 23.8. The van der Waals surface area contributed by atoms with E-state index in [2.05, 4.69) is 17.1 Å². The van der Waals surface area contributed by atoms with Crippen molar-refractivity contribution in [2.24, 2.45) is 0 Å². The minimum absolute atomic E-state index is 0.00297. The van der Waals surface area contributed by atoms with Crippen molar-refractivity contribution in [1.29, 1.82) is 0 Å². The van der Waals surface area contributed by atoms with Crippen molar-refractivity contribution in [3.8, 4) is 0 Å². The average molecular weight is 463 g/mol. The summed E-state index contributed by atoms with van der Waals surface area (Å²) in [6.45, 7) is 5.52. The molecule has 2 saturated heterocycles. The predicted octanol–water partition coefficient (Wildman–Crippen LogP) is 3.79. The van der Waals surface area contributed by atoms with Gasteiger partial charge in [0.2, 0.25) is 11.8 Å². The Morgan fingerprint density at radius 3 is 2.44 bits per heavy atom. The highest BCUT2D eigenvalue weighted by atomic mass is 16.2. The van der Waals surface area contributed by atoms with Crippen molar-refractivity contribution in [1.82, 2.24) is 9.80 Å². The second kappa shape index (κ2) is 10.3. The zero-order chi connectivity index (χ0) is 24.1. The molecular weight excluding hydrogens is 428 g/mol. The summed E-state index contributed by atoms with van der Waals surface area (Å²) < 4.78 is 0. The van der Waals surface area contributed by atoms with Crippen LogP contribution in [0.15, 0.2) is 54.6 Å². The lowest BCUT2D eigenvalue weighted by Crippen LogP contribution is -2.57. The highest BCUT2D eigenvalue weighted by Crippen LogP contribution is 2.39. The number of hydrogen-bond acceptors (Lipinski definition) is 4. The molecule has 0 aliphatic carbocycles. The number of amides is 3. The van der Waals surface area contributed by atoms with Crippen molar-refractivity contribution in [2.45, 2.75) is 51.5 Å². The third kappa shape index (κ3) is 4.93. The van der Waals surface area contributed by atoms with Crippen LogP contribution in [0.3, 0.4) is 0 Å². The highest BCUT2D eigenvalue weighted by molar-refractivity contribution is 5.99. The molecule has 4 rings (SSSR count). The van der Waals surface area contributed by atoms with Crippen molar-refractivity contribution >= 4 is 29.1 Å². The third-order valence-electron chi connectivity index (χ3n) is 6.91. The lowest BCUT2D eigenvalue weighted by atomic mass is 9.85. The molecule has 2 aromatic carbocycles. The minimum atomic E-state index is -0.730. The first-order chi connectivity index (χ1) is 16.4. The molecule has 1 N–H and O–H groups in total. The van der Waals surface area contributed by atoms with Gasteiger partial charge >= 0.3 is 0 Å². The van der Waals surface area contributed by atoms with Crippen LogP contribution in [0.4, 0.5) is 11.4 Å². The average Bonchev–Trinajstić information content (AvgIpc) is 3.09. The van der Waals surface area contributed by atoms with Crippen LogP contribution in [-0.2, 0) is 14.4 Å². The summed E-state index contributed by atoms with van der Waals surface area (Å²) in [5, 5.41) is 2.91. The zero-order valence-corrected chi connectivity index (χ0v) is 20.1. The van der Waals surface area contributed by atoms with Gasteiger partial charge in [0.15, 0.2) is 0 Å². The molecule has 7 heteroatoms. The number of unbranched alkanes of at least 4 members (excludes halogenated alkanes) is 1. The zero-order valence-electron chi connectivity index (χ0n) is 20.1.